The first-order valence-corrected chi connectivity index (χ1v) is 6.93. The molecule has 22 heavy (non-hydrogen) atoms. The lowest BCUT2D eigenvalue weighted by atomic mass is 10.1. The van der Waals surface area contributed by atoms with Crippen LogP contribution in [0.1, 0.15) is 26.3 Å². The molecular weight excluding hydrogens is 297 g/mol. The summed E-state index contributed by atoms with van der Waals surface area (Å²) in [5.41, 5.74) is -0.797. The zero-order valence-corrected chi connectivity index (χ0v) is 12.8. The van der Waals surface area contributed by atoms with Crippen LogP contribution in [0.2, 0.25) is 0 Å². The zero-order chi connectivity index (χ0) is 16.9. The number of amides is 2. The van der Waals surface area contributed by atoms with Crippen LogP contribution in [0.15, 0.2) is 24.3 Å². The van der Waals surface area contributed by atoms with E-state index < -0.39 is 17.6 Å². The lowest BCUT2D eigenvalue weighted by Gasteiger charge is -2.25. The number of hydrogen-bond acceptors (Lipinski definition) is 2. The fourth-order valence-electron chi connectivity index (χ4n) is 2.05. The van der Waals surface area contributed by atoms with Crippen molar-refractivity contribution in [2.75, 3.05) is 24.5 Å². The van der Waals surface area contributed by atoms with Gasteiger partial charge in [0.15, 0.2) is 0 Å². The van der Waals surface area contributed by atoms with Gasteiger partial charge in [-0.3, -0.25) is 9.59 Å². The van der Waals surface area contributed by atoms with Gasteiger partial charge in [-0.2, -0.15) is 13.2 Å². The van der Waals surface area contributed by atoms with E-state index in [1.54, 1.807) is 13.8 Å². The molecule has 0 spiro atoms. The number of likely N-dealkylation sites (N-methyl/N-ethyl adjacent to an activating group) is 1. The molecule has 0 fully saturated rings. The van der Waals surface area contributed by atoms with Crippen molar-refractivity contribution in [1.82, 2.24) is 4.90 Å². The Kier molecular flexibility index (Phi) is 5.96. The van der Waals surface area contributed by atoms with E-state index in [-0.39, 0.29) is 18.1 Å². The molecule has 2 amide bonds. The summed E-state index contributed by atoms with van der Waals surface area (Å²) in [7, 11) is 0. The highest BCUT2D eigenvalue weighted by molar-refractivity contribution is 5.97. The molecule has 1 rings (SSSR count). The second-order valence-corrected chi connectivity index (χ2v) is 4.72. The van der Waals surface area contributed by atoms with Crippen molar-refractivity contribution in [1.29, 1.82) is 0 Å². The predicted octanol–water partition coefficient (Wildman–Crippen LogP) is 2.93. The Balaban J connectivity index is 3.07. The van der Waals surface area contributed by atoms with E-state index in [0.717, 1.165) is 17.0 Å². The number of carbonyl (C=O) groups excluding carboxylic acids is 2. The molecule has 7 heteroatoms. The summed E-state index contributed by atoms with van der Waals surface area (Å²) in [6.45, 7) is 5.48. The Hall–Kier alpha value is -2.05. The lowest BCUT2D eigenvalue weighted by molar-refractivity contribution is -0.137. The van der Waals surface area contributed by atoms with E-state index in [9.17, 15) is 22.8 Å². The Labute approximate surface area is 127 Å². The smallest absolute Gasteiger partial charge is 0.342 e. The summed E-state index contributed by atoms with van der Waals surface area (Å²) < 4.78 is 38.3. The van der Waals surface area contributed by atoms with Crippen LogP contribution in [0.3, 0.4) is 0 Å². The Morgan fingerprint density at radius 3 is 2.18 bits per heavy atom. The van der Waals surface area contributed by atoms with Crippen LogP contribution in [0.4, 0.5) is 18.9 Å². The summed E-state index contributed by atoms with van der Waals surface area (Å²) in [5.74, 6) is -0.794. The fourth-order valence-corrected chi connectivity index (χ4v) is 2.05. The molecule has 1 aromatic rings. The van der Waals surface area contributed by atoms with Crippen molar-refractivity contribution in [2.24, 2.45) is 0 Å². The van der Waals surface area contributed by atoms with Crippen LogP contribution < -0.4 is 4.90 Å². The maximum Gasteiger partial charge on any atom is 0.416 e. The lowest BCUT2D eigenvalue weighted by Crippen LogP contribution is -2.42. The maximum absolute atomic E-state index is 12.8. The molecule has 0 atom stereocenters. The van der Waals surface area contributed by atoms with Crippen LogP contribution >= 0.6 is 0 Å². The molecule has 0 aliphatic carbocycles. The van der Waals surface area contributed by atoms with Gasteiger partial charge in [0, 0.05) is 25.7 Å². The van der Waals surface area contributed by atoms with E-state index in [1.807, 2.05) is 0 Å². The van der Waals surface area contributed by atoms with E-state index >= 15 is 0 Å². The third-order valence-electron chi connectivity index (χ3n) is 3.27. The summed E-state index contributed by atoms with van der Waals surface area (Å²) in [4.78, 5) is 26.4. The van der Waals surface area contributed by atoms with Gasteiger partial charge in [-0.25, -0.2) is 0 Å². The van der Waals surface area contributed by atoms with Crippen molar-refractivity contribution in [3.05, 3.63) is 29.8 Å². The van der Waals surface area contributed by atoms with Crippen LogP contribution in [0.25, 0.3) is 0 Å². The number of rotatable bonds is 5. The van der Waals surface area contributed by atoms with Crippen molar-refractivity contribution < 1.29 is 22.8 Å². The number of halogens is 3. The number of nitrogens with zero attached hydrogens (tertiary/aromatic N) is 2. The minimum Gasteiger partial charge on any atom is -0.342 e. The molecule has 0 heterocycles. The average molecular weight is 316 g/mol. The van der Waals surface area contributed by atoms with Gasteiger partial charge in [0.25, 0.3) is 0 Å². The Morgan fingerprint density at radius 1 is 1.14 bits per heavy atom. The molecule has 0 aliphatic rings. The topological polar surface area (TPSA) is 40.6 Å². The maximum atomic E-state index is 12.8. The quantitative estimate of drug-likeness (QED) is 0.838. The third-order valence-corrected chi connectivity index (χ3v) is 3.27. The van der Waals surface area contributed by atoms with Crippen LogP contribution in [-0.2, 0) is 15.8 Å². The molecule has 0 unspecified atom stereocenters. The van der Waals surface area contributed by atoms with E-state index in [0.29, 0.717) is 13.1 Å². The molecule has 0 aromatic heterocycles. The Morgan fingerprint density at radius 2 is 1.73 bits per heavy atom. The molecule has 0 N–H and O–H groups in total. The van der Waals surface area contributed by atoms with Crippen molar-refractivity contribution >= 4 is 17.5 Å². The van der Waals surface area contributed by atoms with Gasteiger partial charge < -0.3 is 9.80 Å². The first kappa shape index (κ1) is 18.0. The van der Waals surface area contributed by atoms with Crippen LogP contribution in [0, 0.1) is 0 Å². The molecule has 0 radical (unpaired) electrons. The zero-order valence-electron chi connectivity index (χ0n) is 12.8. The Bertz CT molecular complexity index is 540. The van der Waals surface area contributed by atoms with Gasteiger partial charge in [-0.1, -0.05) is 6.07 Å². The molecule has 0 bridgehead atoms. The van der Waals surface area contributed by atoms with Gasteiger partial charge in [-0.05, 0) is 32.0 Å². The van der Waals surface area contributed by atoms with Gasteiger partial charge in [0.05, 0.1) is 5.56 Å². The normalized spacial score (nSPS) is 11.2. The first-order chi connectivity index (χ1) is 10.2. The number of carbonyl (C=O) groups is 2. The average Bonchev–Trinajstić information content (AvgIpc) is 2.45. The van der Waals surface area contributed by atoms with Crippen molar-refractivity contribution in [3.63, 3.8) is 0 Å². The standard InChI is InChI=1S/C15H19F3N2O2/c1-4-19(5-2)14(22)10-20(11(3)21)13-8-6-7-12(9-13)15(16,17)18/h6-9H,4-5,10H2,1-3H3. The number of alkyl halides is 3. The molecule has 4 nitrogen and oxygen atoms in total. The largest absolute Gasteiger partial charge is 0.416 e. The van der Waals surface area contributed by atoms with Gasteiger partial charge in [0.2, 0.25) is 11.8 Å². The summed E-state index contributed by atoms with van der Waals surface area (Å²) in [6.07, 6.45) is -4.50. The molecular formula is C15H19F3N2O2. The summed E-state index contributed by atoms with van der Waals surface area (Å²) >= 11 is 0. The highest BCUT2D eigenvalue weighted by Gasteiger charge is 2.31. The SMILES string of the molecule is CCN(CC)C(=O)CN(C(C)=O)c1cccc(C(F)(F)F)c1. The third kappa shape index (κ3) is 4.47. The minimum absolute atomic E-state index is 0.0582. The van der Waals surface area contributed by atoms with Crippen LogP contribution in [0.5, 0.6) is 0 Å². The molecule has 0 aliphatic heterocycles. The second kappa shape index (κ2) is 7.29. The highest BCUT2D eigenvalue weighted by Crippen LogP contribution is 2.31. The van der Waals surface area contributed by atoms with Crippen molar-refractivity contribution in [3.8, 4) is 0 Å². The van der Waals surface area contributed by atoms with E-state index in [2.05, 4.69) is 0 Å². The highest BCUT2D eigenvalue weighted by atomic mass is 19.4. The molecule has 0 saturated heterocycles. The number of hydrogen-bond donors (Lipinski definition) is 0. The minimum atomic E-state index is -4.50. The van der Waals surface area contributed by atoms with Crippen LogP contribution in [-0.4, -0.2) is 36.3 Å². The van der Waals surface area contributed by atoms with Gasteiger partial charge >= 0.3 is 6.18 Å². The number of anilines is 1. The monoisotopic (exact) mass is 316 g/mol. The van der Waals surface area contributed by atoms with E-state index in [1.165, 1.54) is 24.0 Å². The summed E-state index contributed by atoms with van der Waals surface area (Å²) in [5, 5.41) is 0. The van der Waals surface area contributed by atoms with Gasteiger partial charge in [0.1, 0.15) is 6.54 Å². The van der Waals surface area contributed by atoms with Gasteiger partial charge in [-0.15, -0.1) is 0 Å². The molecule has 122 valence electrons. The van der Waals surface area contributed by atoms with Crippen molar-refractivity contribution in [2.45, 2.75) is 26.9 Å². The first-order valence-electron chi connectivity index (χ1n) is 6.93. The number of benzene rings is 1. The molecule has 1 aromatic carbocycles. The summed E-state index contributed by atoms with van der Waals surface area (Å²) in [6, 6.07) is 4.40. The fraction of sp³-hybridized carbons (Fsp3) is 0.467. The molecule has 0 saturated carbocycles. The second-order valence-electron chi connectivity index (χ2n) is 4.72. The predicted molar refractivity (Wildman–Crippen MR) is 77.4 cm³/mol. The van der Waals surface area contributed by atoms with E-state index in [4.69, 9.17) is 0 Å².